The second-order valence-corrected chi connectivity index (χ2v) is 9.51. The van der Waals surface area contributed by atoms with Crippen LogP contribution in [-0.4, -0.2) is 60.0 Å². The number of carbonyl (C=O) groups excluding carboxylic acids is 1. The summed E-state index contributed by atoms with van der Waals surface area (Å²) >= 11 is 6.27. The van der Waals surface area contributed by atoms with Crippen LogP contribution in [0.25, 0.3) is 22.5 Å². The number of aromatic nitrogens is 7. The molecule has 1 aliphatic rings. The Kier molecular flexibility index (Phi) is 7.97. The van der Waals surface area contributed by atoms with Gasteiger partial charge in [0.15, 0.2) is 0 Å². The van der Waals surface area contributed by atoms with Crippen LogP contribution < -0.4 is 15.4 Å². The summed E-state index contributed by atoms with van der Waals surface area (Å²) in [6, 6.07) is 5.95. The van der Waals surface area contributed by atoms with E-state index < -0.39 is 6.09 Å². The first kappa shape index (κ1) is 26.8. The molecule has 0 bridgehead atoms. The van der Waals surface area contributed by atoms with E-state index in [4.69, 9.17) is 21.1 Å². The molecule has 1 saturated carbocycles. The van der Waals surface area contributed by atoms with Crippen LogP contribution in [0.1, 0.15) is 31.2 Å². The van der Waals surface area contributed by atoms with Crippen molar-refractivity contribution in [3.8, 4) is 34.6 Å². The van der Waals surface area contributed by atoms with Crippen molar-refractivity contribution in [2.45, 2.75) is 37.8 Å². The number of nitrogens with zero attached hydrogens (tertiary/aromatic N) is 8. The number of hydrogen-bond acceptors (Lipinski definition) is 11. The van der Waals surface area contributed by atoms with E-state index in [2.05, 4.69) is 46.7 Å². The highest BCUT2D eigenvalue weighted by Gasteiger charge is 2.25. The average Bonchev–Trinajstić information content (AvgIpc) is 3.31. The topological polar surface area (TPSA) is 166 Å². The maximum absolute atomic E-state index is 12.5. The molecule has 0 unspecified atom stereocenters. The standard InChI is InChI=1S/C26H25ClN10O3/c1-37-14-20(27)23(36-37)22-16(9-28)11-30-24(35-22)33-18-4-6-19(7-5-18)40-26(38)34-21-8-3-15(10-29-21)17-12-31-25(39-2)32-13-17/h3,8,10-14,18-19H,4-7H2,1-2H3,(H,29,34,38)(H,30,33,35)/t18-,19-. The van der Waals surface area contributed by atoms with E-state index in [1.807, 2.05) is 6.07 Å². The number of anilines is 2. The molecule has 5 rings (SSSR count). The molecule has 4 aromatic rings. The lowest BCUT2D eigenvalue weighted by Gasteiger charge is -2.28. The van der Waals surface area contributed by atoms with Gasteiger partial charge in [-0.25, -0.2) is 29.7 Å². The van der Waals surface area contributed by atoms with Crippen molar-refractivity contribution in [1.82, 2.24) is 34.7 Å². The maximum atomic E-state index is 12.5. The third kappa shape index (κ3) is 6.24. The number of methoxy groups -OCH3 is 1. The van der Waals surface area contributed by atoms with E-state index in [1.165, 1.54) is 13.3 Å². The van der Waals surface area contributed by atoms with Gasteiger partial charge in [-0.2, -0.15) is 10.4 Å². The van der Waals surface area contributed by atoms with Crippen molar-refractivity contribution >= 4 is 29.5 Å². The predicted molar refractivity (Wildman–Crippen MR) is 146 cm³/mol. The number of nitriles is 1. The van der Waals surface area contributed by atoms with Crippen molar-refractivity contribution in [1.29, 1.82) is 5.26 Å². The van der Waals surface area contributed by atoms with Crippen molar-refractivity contribution in [2.75, 3.05) is 17.7 Å². The maximum Gasteiger partial charge on any atom is 0.413 e. The first-order valence-corrected chi connectivity index (χ1v) is 12.8. The Morgan fingerprint density at radius 3 is 2.42 bits per heavy atom. The van der Waals surface area contributed by atoms with Gasteiger partial charge in [0.05, 0.1) is 23.9 Å². The van der Waals surface area contributed by atoms with Gasteiger partial charge >= 0.3 is 12.1 Å². The summed E-state index contributed by atoms with van der Waals surface area (Å²) in [6.45, 7) is 0. The molecule has 0 aliphatic heterocycles. The highest BCUT2D eigenvalue weighted by molar-refractivity contribution is 6.33. The van der Waals surface area contributed by atoms with Crippen molar-refractivity contribution in [3.63, 3.8) is 0 Å². The summed E-state index contributed by atoms with van der Waals surface area (Å²) in [5.74, 6) is 0.758. The molecular weight excluding hydrogens is 536 g/mol. The first-order valence-electron chi connectivity index (χ1n) is 12.4. The third-order valence-corrected chi connectivity index (χ3v) is 6.61. The van der Waals surface area contributed by atoms with Gasteiger partial charge in [-0.15, -0.1) is 0 Å². The summed E-state index contributed by atoms with van der Waals surface area (Å²) in [5, 5.41) is 20.2. The molecule has 13 nitrogen and oxygen atoms in total. The molecule has 0 atom stereocenters. The van der Waals surface area contributed by atoms with E-state index in [0.29, 0.717) is 41.0 Å². The minimum Gasteiger partial charge on any atom is -0.467 e. The first-order chi connectivity index (χ1) is 19.4. The molecule has 4 heterocycles. The van der Waals surface area contributed by atoms with E-state index in [-0.39, 0.29) is 23.7 Å². The smallest absolute Gasteiger partial charge is 0.413 e. The molecule has 14 heteroatoms. The van der Waals surface area contributed by atoms with Gasteiger partial charge in [-0.05, 0) is 37.8 Å². The Morgan fingerprint density at radius 1 is 1.05 bits per heavy atom. The highest BCUT2D eigenvalue weighted by atomic mass is 35.5. The summed E-state index contributed by atoms with van der Waals surface area (Å²) in [4.78, 5) is 33.7. The number of amides is 1. The van der Waals surface area contributed by atoms with E-state index in [9.17, 15) is 10.1 Å². The Morgan fingerprint density at radius 2 is 1.80 bits per heavy atom. The summed E-state index contributed by atoms with van der Waals surface area (Å²) in [7, 11) is 3.25. The quantitative estimate of drug-likeness (QED) is 0.332. The second kappa shape index (κ2) is 11.9. The summed E-state index contributed by atoms with van der Waals surface area (Å²) in [5.41, 5.74) is 2.66. The Labute approximate surface area is 234 Å². The number of halogens is 1. The third-order valence-electron chi connectivity index (χ3n) is 6.34. The number of rotatable bonds is 7. The van der Waals surface area contributed by atoms with Gasteiger partial charge in [-0.3, -0.25) is 10.00 Å². The second-order valence-electron chi connectivity index (χ2n) is 9.11. The number of nitrogens with one attached hydrogen (secondary N) is 2. The minimum absolute atomic E-state index is 0.0825. The number of pyridine rings is 1. The fraction of sp³-hybridized carbons (Fsp3) is 0.308. The average molecular weight is 561 g/mol. The number of ether oxygens (including phenoxy) is 2. The van der Waals surface area contributed by atoms with Gasteiger partial charge in [0, 0.05) is 49.0 Å². The molecule has 1 fully saturated rings. The van der Waals surface area contributed by atoms with Crippen LogP contribution in [0.2, 0.25) is 5.02 Å². The lowest BCUT2D eigenvalue weighted by Crippen LogP contribution is -2.32. The van der Waals surface area contributed by atoms with Gasteiger partial charge in [0.25, 0.3) is 0 Å². The van der Waals surface area contributed by atoms with Gasteiger partial charge in [-0.1, -0.05) is 11.6 Å². The van der Waals surface area contributed by atoms with Gasteiger partial charge < -0.3 is 14.8 Å². The molecule has 4 aromatic heterocycles. The minimum atomic E-state index is -0.559. The lowest BCUT2D eigenvalue weighted by molar-refractivity contribution is 0.0840. The normalized spacial score (nSPS) is 16.6. The molecular formula is C26H25ClN10O3. The SMILES string of the molecule is COc1ncc(-c2ccc(NC(=O)O[C@H]3CC[C@H](Nc4ncc(C#N)c(-c5nn(C)cc5Cl)n4)CC3)nc2)cn1. The zero-order valence-corrected chi connectivity index (χ0v) is 22.5. The highest BCUT2D eigenvalue weighted by Crippen LogP contribution is 2.29. The molecule has 1 amide bonds. The van der Waals surface area contributed by atoms with E-state index in [1.54, 1.807) is 42.6 Å². The summed E-state index contributed by atoms with van der Waals surface area (Å²) < 4.78 is 12.1. The summed E-state index contributed by atoms with van der Waals surface area (Å²) in [6.07, 6.45) is 10.1. The molecule has 1 aliphatic carbocycles. The van der Waals surface area contributed by atoms with Crippen LogP contribution in [0.5, 0.6) is 6.01 Å². The van der Waals surface area contributed by atoms with Gasteiger partial charge in [0.2, 0.25) is 5.95 Å². The predicted octanol–water partition coefficient (Wildman–Crippen LogP) is 4.23. The van der Waals surface area contributed by atoms with Crippen LogP contribution in [0, 0.1) is 11.3 Å². The molecule has 0 radical (unpaired) electrons. The molecule has 204 valence electrons. The van der Waals surface area contributed by atoms with Crippen LogP contribution in [0.15, 0.2) is 43.1 Å². The van der Waals surface area contributed by atoms with Gasteiger partial charge in [0.1, 0.15) is 29.4 Å². The van der Waals surface area contributed by atoms with Crippen LogP contribution in [0.4, 0.5) is 16.6 Å². The monoisotopic (exact) mass is 560 g/mol. The van der Waals surface area contributed by atoms with Crippen LogP contribution in [-0.2, 0) is 11.8 Å². The zero-order valence-electron chi connectivity index (χ0n) is 21.7. The fourth-order valence-corrected chi connectivity index (χ4v) is 4.60. The van der Waals surface area contributed by atoms with Crippen molar-refractivity contribution < 1.29 is 14.3 Å². The fourth-order valence-electron chi connectivity index (χ4n) is 4.34. The Balaban J connectivity index is 1.12. The lowest BCUT2D eigenvalue weighted by atomic mass is 9.93. The Hall–Kier alpha value is -4.83. The molecule has 0 saturated heterocycles. The number of carbonyl (C=O) groups is 1. The van der Waals surface area contributed by atoms with Crippen molar-refractivity contribution in [3.05, 3.63) is 53.7 Å². The van der Waals surface area contributed by atoms with Crippen LogP contribution >= 0.6 is 11.6 Å². The molecule has 2 N–H and O–H groups in total. The number of hydrogen-bond donors (Lipinski definition) is 2. The molecule has 0 aromatic carbocycles. The largest absolute Gasteiger partial charge is 0.467 e. The van der Waals surface area contributed by atoms with E-state index in [0.717, 1.165) is 24.0 Å². The molecule has 40 heavy (non-hydrogen) atoms. The Bertz CT molecular complexity index is 1530. The van der Waals surface area contributed by atoms with E-state index >= 15 is 0 Å². The molecule has 0 spiro atoms. The number of aryl methyl sites for hydroxylation is 1. The van der Waals surface area contributed by atoms with Crippen LogP contribution in [0.3, 0.4) is 0 Å². The van der Waals surface area contributed by atoms with Crippen molar-refractivity contribution in [2.24, 2.45) is 7.05 Å². The zero-order chi connectivity index (χ0) is 28.1.